The van der Waals surface area contributed by atoms with E-state index >= 15 is 0 Å². The number of hydrogen-bond acceptors (Lipinski definition) is 1. The Hall–Kier alpha value is -1.10. The SMILES string of the molecule is CC1(CCCC(F)(F)F)CCNCC1c1ccccc1F. The maximum atomic E-state index is 14.0. The van der Waals surface area contributed by atoms with Crippen molar-refractivity contribution in [3.05, 3.63) is 35.6 Å². The predicted molar refractivity (Wildman–Crippen MR) is 74.6 cm³/mol. The van der Waals surface area contributed by atoms with Crippen molar-refractivity contribution in [2.75, 3.05) is 13.1 Å². The first-order valence-electron chi connectivity index (χ1n) is 7.34. The fourth-order valence-electron chi connectivity index (χ4n) is 3.28. The summed E-state index contributed by atoms with van der Waals surface area (Å²) in [5.74, 6) is -0.353. The molecule has 0 bridgehead atoms. The molecule has 1 N–H and O–H groups in total. The summed E-state index contributed by atoms with van der Waals surface area (Å²) in [4.78, 5) is 0. The number of nitrogens with one attached hydrogen (secondary N) is 1. The van der Waals surface area contributed by atoms with Gasteiger partial charge in [-0.05, 0) is 42.9 Å². The maximum absolute atomic E-state index is 14.0. The zero-order valence-corrected chi connectivity index (χ0v) is 12.1. The highest BCUT2D eigenvalue weighted by molar-refractivity contribution is 5.25. The van der Waals surface area contributed by atoms with Crippen molar-refractivity contribution in [1.82, 2.24) is 5.32 Å². The lowest BCUT2D eigenvalue weighted by Gasteiger charge is -2.42. The van der Waals surface area contributed by atoms with E-state index in [2.05, 4.69) is 5.32 Å². The van der Waals surface area contributed by atoms with Crippen LogP contribution in [-0.4, -0.2) is 19.3 Å². The molecule has 1 nitrogen and oxygen atoms in total. The summed E-state index contributed by atoms with van der Waals surface area (Å²) >= 11 is 0. The highest BCUT2D eigenvalue weighted by atomic mass is 19.4. The topological polar surface area (TPSA) is 12.0 Å². The van der Waals surface area contributed by atoms with Gasteiger partial charge in [-0.25, -0.2) is 4.39 Å². The Balaban J connectivity index is 2.12. The number of alkyl halides is 3. The van der Waals surface area contributed by atoms with Crippen LogP contribution in [-0.2, 0) is 0 Å². The van der Waals surface area contributed by atoms with Gasteiger partial charge >= 0.3 is 6.18 Å². The van der Waals surface area contributed by atoms with E-state index < -0.39 is 12.6 Å². The molecule has 1 aliphatic heterocycles. The Labute approximate surface area is 122 Å². The lowest BCUT2D eigenvalue weighted by atomic mass is 9.66. The average Bonchev–Trinajstić information content (AvgIpc) is 2.39. The average molecular weight is 303 g/mol. The normalized spacial score (nSPS) is 26.8. The lowest BCUT2D eigenvalue weighted by molar-refractivity contribution is -0.137. The van der Waals surface area contributed by atoms with Crippen LogP contribution in [0.15, 0.2) is 24.3 Å². The first-order valence-corrected chi connectivity index (χ1v) is 7.34. The number of halogens is 4. The standard InChI is InChI=1S/C16H21F4N/c1-15(7-4-8-16(18,19)20)9-10-21-11-13(15)12-5-2-3-6-14(12)17/h2-3,5-6,13,21H,4,7-11H2,1H3. The molecule has 0 radical (unpaired) electrons. The van der Waals surface area contributed by atoms with Crippen LogP contribution in [0.25, 0.3) is 0 Å². The minimum absolute atomic E-state index is 0.0827. The number of piperidine rings is 1. The van der Waals surface area contributed by atoms with Gasteiger partial charge in [0.25, 0.3) is 0 Å². The molecule has 1 aromatic rings. The van der Waals surface area contributed by atoms with Crippen molar-refractivity contribution < 1.29 is 17.6 Å². The molecule has 21 heavy (non-hydrogen) atoms. The van der Waals surface area contributed by atoms with Crippen LogP contribution in [0.4, 0.5) is 17.6 Å². The molecule has 1 fully saturated rings. The Kier molecular flexibility index (Phi) is 4.91. The molecule has 0 spiro atoms. The number of benzene rings is 1. The van der Waals surface area contributed by atoms with Gasteiger partial charge in [-0.2, -0.15) is 13.2 Å². The second kappa shape index (κ2) is 6.34. The molecule has 0 aliphatic carbocycles. The molecule has 2 rings (SSSR count). The van der Waals surface area contributed by atoms with E-state index in [1.54, 1.807) is 18.2 Å². The Morgan fingerprint density at radius 2 is 2.00 bits per heavy atom. The Morgan fingerprint density at radius 1 is 1.29 bits per heavy atom. The molecule has 2 atom stereocenters. The van der Waals surface area contributed by atoms with Gasteiger partial charge in [0, 0.05) is 18.9 Å². The van der Waals surface area contributed by atoms with Gasteiger partial charge in [0.2, 0.25) is 0 Å². The molecule has 2 unspecified atom stereocenters. The van der Waals surface area contributed by atoms with Crippen LogP contribution in [0.2, 0.25) is 0 Å². The second-order valence-corrected chi connectivity index (χ2v) is 6.15. The zero-order valence-electron chi connectivity index (χ0n) is 12.1. The molecule has 1 aromatic carbocycles. The quantitative estimate of drug-likeness (QED) is 0.799. The summed E-state index contributed by atoms with van der Waals surface area (Å²) in [5.41, 5.74) is 0.317. The largest absolute Gasteiger partial charge is 0.389 e. The fraction of sp³-hybridized carbons (Fsp3) is 0.625. The van der Waals surface area contributed by atoms with Crippen LogP contribution in [0.5, 0.6) is 0 Å². The first-order chi connectivity index (χ1) is 9.82. The summed E-state index contributed by atoms with van der Waals surface area (Å²) in [6, 6.07) is 6.58. The minimum atomic E-state index is -4.11. The predicted octanol–water partition coefficient (Wildman–Crippen LogP) is 4.64. The molecule has 0 saturated carbocycles. The third kappa shape index (κ3) is 4.19. The zero-order chi connectivity index (χ0) is 15.5. The van der Waals surface area contributed by atoms with Crippen molar-refractivity contribution in [3.63, 3.8) is 0 Å². The van der Waals surface area contributed by atoms with Crippen molar-refractivity contribution in [1.29, 1.82) is 0 Å². The van der Waals surface area contributed by atoms with Gasteiger partial charge < -0.3 is 5.32 Å². The smallest absolute Gasteiger partial charge is 0.316 e. The van der Waals surface area contributed by atoms with Gasteiger partial charge in [0.15, 0.2) is 0 Å². The summed E-state index contributed by atoms with van der Waals surface area (Å²) in [6.45, 7) is 3.37. The molecule has 118 valence electrons. The van der Waals surface area contributed by atoms with Gasteiger partial charge in [-0.1, -0.05) is 25.1 Å². The summed E-state index contributed by atoms with van der Waals surface area (Å²) in [5, 5.41) is 3.23. The molecule has 1 aliphatic rings. The minimum Gasteiger partial charge on any atom is -0.316 e. The molecular weight excluding hydrogens is 282 g/mol. The Morgan fingerprint density at radius 3 is 2.67 bits per heavy atom. The summed E-state index contributed by atoms with van der Waals surface area (Å²) in [6.07, 6.45) is -3.54. The Bertz CT molecular complexity index is 472. The van der Waals surface area contributed by atoms with E-state index in [1.807, 2.05) is 6.92 Å². The van der Waals surface area contributed by atoms with Gasteiger partial charge in [-0.3, -0.25) is 0 Å². The molecule has 0 amide bonds. The van der Waals surface area contributed by atoms with Gasteiger partial charge in [0.1, 0.15) is 5.82 Å². The van der Waals surface area contributed by atoms with Crippen molar-refractivity contribution in [2.24, 2.45) is 5.41 Å². The highest BCUT2D eigenvalue weighted by Crippen LogP contribution is 2.45. The lowest BCUT2D eigenvalue weighted by Crippen LogP contribution is -2.42. The molecule has 5 heteroatoms. The molecule has 1 saturated heterocycles. The third-order valence-electron chi connectivity index (χ3n) is 4.55. The van der Waals surface area contributed by atoms with Crippen molar-refractivity contribution in [2.45, 2.75) is 44.7 Å². The van der Waals surface area contributed by atoms with E-state index in [4.69, 9.17) is 0 Å². The van der Waals surface area contributed by atoms with Crippen LogP contribution in [0.3, 0.4) is 0 Å². The van der Waals surface area contributed by atoms with Crippen LogP contribution >= 0.6 is 0 Å². The monoisotopic (exact) mass is 303 g/mol. The van der Waals surface area contributed by atoms with E-state index in [-0.39, 0.29) is 23.6 Å². The van der Waals surface area contributed by atoms with Crippen LogP contribution in [0.1, 0.15) is 44.1 Å². The fourth-order valence-corrected chi connectivity index (χ4v) is 3.28. The molecule has 0 aromatic heterocycles. The van der Waals surface area contributed by atoms with Gasteiger partial charge in [0.05, 0.1) is 0 Å². The summed E-state index contributed by atoms with van der Waals surface area (Å²) in [7, 11) is 0. The van der Waals surface area contributed by atoms with E-state index in [0.717, 1.165) is 13.0 Å². The summed E-state index contributed by atoms with van der Waals surface area (Å²) < 4.78 is 51.1. The van der Waals surface area contributed by atoms with Crippen molar-refractivity contribution in [3.8, 4) is 0 Å². The third-order valence-corrected chi connectivity index (χ3v) is 4.55. The van der Waals surface area contributed by atoms with Crippen molar-refractivity contribution >= 4 is 0 Å². The van der Waals surface area contributed by atoms with Crippen LogP contribution in [0, 0.1) is 11.2 Å². The molecule has 1 heterocycles. The second-order valence-electron chi connectivity index (χ2n) is 6.15. The highest BCUT2D eigenvalue weighted by Gasteiger charge is 2.39. The number of rotatable bonds is 4. The first kappa shape index (κ1) is 16.3. The van der Waals surface area contributed by atoms with E-state index in [1.165, 1.54) is 6.07 Å². The number of hydrogen-bond donors (Lipinski definition) is 1. The van der Waals surface area contributed by atoms with Gasteiger partial charge in [-0.15, -0.1) is 0 Å². The van der Waals surface area contributed by atoms with E-state index in [9.17, 15) is 17.6 Å². The maximum Gasteiger partial charge on any atom is 0.389 e. The molecular formula is C16H21F4N. The van der Waals surface area contributed by atoms with Crippen LogP contribution < -0.4 is 5.32 Å². The van der Waals surface area contributed by atoms with E-state index in [0.29, 0.717) is 18.5 Å².